The van der Waals surface area contributed by atoms with Crippen LogP contribution in [0.2, 0.25) is 0 Å². The summed E-state index contributed by atoms with van der Waals surface area (Å²) in [4.78, 5) is 11.5. The van der Waals surface area contributed by atoms with Crippen molar-refractivity contribution in [1.82, 2.24) is 16.0 Å². The molecule has 0 aromatic carbocycles. The number of hydrogen-bond donors (Lipinski definition) is 3. The molecular formula is C11H21N3O. The van der Waals surface area contributed by atoms with Crippen LogP contribution in [0, 0.1) is 0 Å². The lowest BCUT2D eigenvalue weighted by molar-refractivity contribution is -0.124. The standard InChI is InChI=1S/C11H21N3O/c15-11-10(5-3-7-13-11)14-8-9-4-1-2-6-12-9/h9-10,12,14H,1-8H2,(H,13,15). The molecule has 0 saturated carbocycles. The highest BCUT2D eigenvalue weighted by atomic mass is 16.2. The number of rotatable bonds is 3. The Bertz CT molecular complexity index is 214. The minimum absolute atomic E-state index is 0.0440. The van der Waals surface area contributed by atoms with Crippen molar-refractivity contribution >= 4 is 5.91 Å². The van der Waals surface area contributed by atoms with Gasteiger partial charge in [0.2, 0.25) is 5.91 Å². The molecule has 2 saturated heterocycles. The topological polar surface area (TPSA) is 53.2 Å². The predicted molar refractivity (Wildman–Crippen MR) is 59.7 cm³/mol. The number of piperidine rings is 2. The summed E-state index contributed by atoms with van der Waals surface area (Å²) < 4.78 is 0. The molecule has 2 atom stereocenters. The second-order valence-corrected chi connectivity index (χ2v) is 4.54. The van der Waals surface area contributed by atoms with Gasteiger partial charge in [-0.15, -0.1) is 0 Å². The highest BCUT2D eigenvalue weighted by Gasteiger charge is 2.22. The minimum atomic E-state index is 0.0440. The van der Waals surface area contributed by atoms with Crippen molar-refractivity contribution < 1.29 is 4.79 Å². The van der Waals surface area contributed by atoms with Crippen LogP contribution >= 0.6 is 0 Å². The maximum Gasteiger partial charge on any atom is 0.237 e. The molecule has 2 unspecified atom stereocenters. The molecule has 0 spiro atoms. The Morgan fingerprint density at radius 2 is 2.13 bits per heavy atom. The lowest BCUT2D eigenvalue weighted by Gasteiger charge is -2.28. The first-order valence-corrected chi connectivity index (χ1v) is 6.11. The van der Waals surface area contributed by atoms with E-state index < -0.39 is 0 Å². The SMILES string of the molecule is O=C1NCCCC1NCC1CCCCN1. The molecule has 2 aliphatic heterocycles. The number of carbonyl (C=O) groups excluding carboxylic acids is 1. The molecule has 0 aromatic heterocycles. The van der Waals surface area contributed by atoms with Crippen molar-refractivity contribution in [2.24, 2.45) is 0 Å². The Morgan fingerprint density at radius 1 is 1.20 bits per heavy atom. The maximum atomic E-state index is 11.5. The van der Waals surface area contributed by atoms with Crippen molar-refractivity contribution in [1.29, 1.82) is 0 Å². The summed E-state index contributed by atoms with van der Waals surface area (Å²) in [6.45, 7) is 2.90. The van der Waals surface area contributed by atoms with Gasteiger partial charge in [0.25, 0.3) is 0 Å². The van der Waals surface area contributed by atoms with E-state index in [-0.39, 0.29) is 11.9 Å². The minimum Gasteiger partial charge on any atom is -0.355 e. The van der Waals surface area contributed by atoms with Crippen LogP contribution in [-0.2, 0) is 4.79 Å². The monoisotopic (exact) mass is 211 g/mol. The first-order valence-electron chi connectivity index (χ1n) is 6.11. The third kappa shape index (κ3) is 3.18. The molecule has 2 rings (SSSR count). The summed E-state index contributed by atoms with van der Waals surface area (Å²) in [6.07, 6.45) is 5.93. The summed E-state index contributed by atoms with van der Waals surface area (Å²) in [5, 5.41) is 9.74. The van der Waals surface area contributed by atoms with Gasteiger partial charge in [-0.1, -0.05) is 6.42 Å². The van der Waals surface area contributed by atoms with E-state index in [0.717, 1.165) is 32.5 Å². The normalized spacial score (nSPS) is 32.4. The lowest BCUT2D eigenvalue weighted by Crippen LogP contribution is -2.52. The van der Waals surface area contributed by atoms with Gasteiger partial charge in [0, 0.05) is 19.1 Å². The van der Waals surface area contributed by atoms with Crippen LogP contribution in [0.4, 0.5) is 0 Å². The highest BCUT2D eigenvalue weighted by Crippen LogP contribution is 2.07. The van der Waals surface area contributed by atoms with Crippen molar-refractivity contribution in [2.45, 2.75) is 44.2 Å². The number of hydrogen-bond acceptors (Lipinski definition) is 3. The molecule has 0 aliphatic carbocycles. The first-order chi connectivity index (χ1) is 7.36. The predicted octanol–water partition coefficient (Wildman–Crippen LogP) is -0.00330. The van der Waals surface area contributed by atoms with Crippen molar-refractivity contribution in [3.8, 4) is 0 Å². The molecule has 4 heteroatoms. The number of carbonyl (C=O) groups is 1. The molecule has 2 heterocycles. The summed E-state index contributed by atoms with van der Waals surface area (Å²) in [5.41, 5.74) is 0. The van der Waals surface area contributed by atoms with Crippen LogP contribution in [-0.4, -0.2) is 37.6 Å². The van der Waals surface area contributed by atoms with Crippen molar-refractivity contribution in [3.05, 3.63) is 0 Å². The van der Waals surface area contributed by atoms with Crippen LogP contribution in [0.15, 0.2) is 0 Å². The van der Waals surface area contributed by atoms with Gasteiger partial charge >= 0.3 is 0 Å². The Hall–Kier alpha value is -0.610. The zero-order valence-corrected chi connectivity index (χ0v) is 9.22. The molecule has 86 valence electrons. The van der Waals surface area contributed by atoms with Crippen LogP contribution < -0.4 is 16.0 Å². The van der Waals surface area contributed by atoms with Gasteiger partial charge in [0.1, 0.15) is 0 Å². The molecule has 0 bridgehead atoms. The molecule has 1 amide bonds. The summed E-state index contributed by atoms with van der Waals surface area (Å²) in [5.74, 6) is 0.178. The van der Waals surface area contributed by atoms with Crippen LogP contribution in [0.3, 0.4) is 0 Å². The number of nitrogens with one attached hydrogen (secondary N) is 3. The maximum absolute atomic E-state index is 11.5. The Labute approximate surface area is 91.2 Å². The fourth-order valence-corrected chi connectivity index (χ4v) is 2.35. The van der Waals surface area contributed by atoms with Crippen LogP contribution in [0.1, 0.15) is 32.1 Å². The summed E-state index contributed by atoms with van der Waals surface area (Å²) in [6, 6.07) is 0.607. The molecule has 15 heavy (non-hydrogen) atoms. The van der Waals surface area contributed by atoms with Gasteiger partial charge in [0.05, 0.1) is 6.04 Å². The Morgan fingerprint density at radius 3 is 2.87 bits per heavy atom. The fourth-order valence-electron chi connectivity index (χ4n) is 2.35. The molecule has 2 aliphatic rings. The van der Waals surface area contributed by atoms with Crippen LogP contribution in [0.25, 0.3) is 0 Å². The van der Waals surface area contributed by atoms with Gasteiger partial charge in [-0.3, -0.25) is 4.79 Å². The average molecular weight is 211 g/mol. The fraction of sp³-hybridized carbons (Fsp3) is 0.909. The molecule has 4 nitrogen and oxygen atoms in total. The van der Waals surface area contributed by atoms with Gasteiger partial charge in [-0.05, 0) is 32.2 Å². The zero-order valence-electron chi connectivity index (χ0n) is 9.22. The van der Waals surface area contributed by atoms with Crippen molar-refractivity contribution in [3.63, 3.8) is 0 Å². The van der Waals surface area contributed by atoms with E-state index in [9.17, 15) is 4.79 Å². The molecule has 0 radical (unpaired) electrons. The van der Waals surface area contributed by atoms with Gasteiger partial charge in [0.15, 0.2) is 0 Å². The van der Waals surface area contributed by atoms with Gasteiger partial charge in [-0.2, -0.15) is 0 Å². The summed E-state index contributed by atoms with van der Waals surface area (Å²) >= 11 is 0. The Balaban J connectivity index is 1.69. The van der Waals surface area contributed by atoms with E-state index in [4.69, 9.17) is 0 Å². The molecule has 0 aromatic rings. The molecular weight excluding hydrogens is 190 g/mol. The van der Waals surface area contributed by atoms with E-state index in [1.807, 2.05) is 0 Å². The van der Waals surface area contributed by atoms with Crippen molar-refractivity contribution in [2.75, 3.05) is 19.6 Å². The smallest absolute Gasteiger partial charge is 0.237 e. The van der Waals surface area contributed by atoms with E-state index >= 15 is 0 Å². The van der Waals surface area contributed by atoms with E-state index in [1.165, 1.54) is 19.3 Å². The second kappa shape index (κ2) is 5.47. The third-order valence-corrected chi connectivity index (χ3v) is 3.31. The van der Waals surface area contributed by atoms with E-state index in [0.29, 0.717) is 6.04 Å². The van der Waals surface area contributed by atoms with Crippen LogP contribution in [0.5, 0.6) is 0 Å². The number of amides is 1. The quantitative estimate of drug-likeness (QED) is 0.616. The molecule has 3 N–H and O–H groups in total. The average Bonchev–Trinajstić information content (AvgIpc) is 2.29. The van der Waals surface area contributed by atoms with Gasteiger partial charge in [-0.25, -0.2) is 0 Å². The summed E-state index contributed by atoms with van der Waals surface area (Å²) in [7, 11) is 0. The first kappa shape index (κ1) is 10.9. The van der Waals surface area contributed by atoms with E-state index in [1.54, 1.807) is 0 Å². The second-order valence-electron chi connectivity index (χ2n) is 4.54. The van der Waals surface area contributed by atoms with E-state index in [2.05, 4.69) is 16.0 Å². The lowest BCUT2D eigenvalue weighted by atomic mass is 10.0. The highest BCUT2D eigenvalue weighted by molar-refractivity contribution is 5.82. The zero-order chi connectivity index (χ0) is 10.5. The Kier molecular flexibility index (Phi) is 3.97. The third-order valence-electron chi connectivity index (χ3n) is 3.31. The largest absolute Gasteiger partial charge is 0.355 e. The van der Waals surface area contributed by atoms with Gasteiger partial charge < -0.3 is 16.0 Å². The molecule has 2 fully saturated rings.